The third-order valence-corrected chi connectivity index (χ3v) is 0. The van der Waals surface area contributed by atoms with E-state index in [1.165, 1.54) is 0 Å². The van der Waals surface area contributed by atoms with E-state index in [1.54, 1.807) is 0 Å². The molecule has 4 heavy (non-hydrogen) atoms. The molecule has 4 heteroatoms. The van der Waals surface area contributed by atoms with Crippen molar-refractivity contribution in [1.82, 2.24) is 0 Å². The van der Waals surface area contributed by atoms with Crippen LogP contribution in [0, 0.1) is 35.6 Å². The molecule has 0 spiro atoms. The average Bonchev–Trinajstić information content (AvgIpc) is 0. The zero-order valence-corrected chi connectivity index (χ0v) is 8.92. The summed E-state index contributed by atoms with van der Waals surface area (Å²) >= 11 is 0. The van der Waals surface area contributed by atoms with E-state index in [1.807, 2.05) is 0 Å². The van der Waals surface area contributed by atoms with Gasteiger partial charge in [-0.1, -0.05) is 0 Å². The van der Waals surface area contributed by atoms with Crippen LogP contribution >= 0.6 is 0 Å². The first-order chi connectivity index (χ1) is 0. The van der Waals surface area contributed by atoms with Crippen molar-refractivity contribution in [2.24, 2.45) is 0 Å². The van der Waals surface area contributed by atoms with E-state index < -0.39 is 0 Å². The molecule has 0 aliphatic rings. The van der Waals surface area contributed by atoms with Crippen LogP contribution in [0.15, 0.2) is 0 Å². The minimum absolute atomic E-state index is 0. The molecule has 0 N–H and O–H groups in total. The molecule has 0 aliphatic heterocycles. The van der Waals surface area contributed by atoms with Crippen molar-refractivity contribution in [2.45, 2.75) is 0 Å². The fourth-order valence-electron chi connectivity index (χ4n) is 0. The third kappa shape index (κ3) is 8.88. The summed E-state index contributed by atoms with van der Waals surface area (Å²) in [5.74, 6) is 0. The van der Waals surface area contributed by atoms with E-state index in [2.05, 4.69) is 0 Å². The number of hydrogen-bond donors (Lipinski definition) is 0. The Balaban J connectivity index is 0. The topological polar surface area (TPSA) is 0 Å². The first-order valence-electron chi connectivity index (χ1n) is 0. The van der Waals surface area contributed by atoms with Crippen LogP contribution in [-0.4, -0.2) is 0 Å². The molecule has 0 aromatic carbocycles. The number of rotatable bonds is 0. The summed E-state index contributed by atoms with van der Waals surface area (Å²) in [6, 6.07) is 0. The molecule has 0 atom stereocenters. The summed E-state index contributed by atoms with van der Waals surface area (Å²) in [6.45, 7) is 0. The van der Waals surface area contributed by atoms with E-state index in [9.17, 15) is 0 Å². The predicted octanol–water partition coefficient (Wildman–Crippen LogP) is -0.00750. The van der Waals surface area contributed by atoms with Crippen molar-refractivity contribution in [3.63, 3.8) is 0 Å². The maximum atomic E-state index is 0. The Morgan fingerprint density at radius 2 is 1.00 bits per heavy atom. The van der Waals surface area contributed by atoms with Gasteiger partial charge in [-0.05, 0) is 0 Å². The Kier molecular flexibility index (Phi) is 118. The normalized spacial score (nSPS) is 0. The molecule has 0 aliphatic carbocycles. The van der Waals surface area contributed by atoms with Gasteiger partial charge in [-0.25, -0.2) is 0 Å². The summed E-state index contributed by atoms with van der Waals surface area (Å²) in [6.07, 6.45) is 0. The molecule has 0 amide bonds. The van der Waals surface area contributed by atoms with Crippen LogP contribution in [0.1, 0.15) is 0 Å². The fraction of sp³-hybridized carbons (Fsp3) is 0. The first kappa shape index (κ1) is 28.2. The Morgan fingerprint density at radius 1 is 1.00 bits per heavy atom. The zero-order valence-electron chi connectivity index (χ0n) is 1.59. The molecule has 0 fully saturated rings. The second-order valence-corrected chi connectivity index (χ2v) is 0. The molecule has 0 nitrogen and oxygen atoms in total. The summed E-state index contributed by atoms with van der Waals surface area (Å²) in [7, 11) is 0. The van der Waals surface area contributed by atoms with Crippen molar-refractivity contribution in [3.8, 4) is 0 Å². The van der Waals surface area contributed by atoms with Crippen LogP contribution in [0.2, 0.25) is 0 Å². The molecule has 0 rings (SSSR count). The number of hydrogen-bond acceptors (Lipinski definition) is 0. The minimum atomic E-state index is 0. The molecule has 0 saturated carbocycles. The monoisotopic (exact) mass is 360 g/mol. The van der Waals surface area contributed by atoms with Gasteiger partial charge in [0.15, 0.2) is 0 Å². The van der Waals surface area contributed by atoms with E-state index in [0.717, 1.165) is 0 Å². The van der Waals surface area contributed by atoms with E-state index in [4.69, 9.17) is 0 Å². The summed E-state index contributed by atoms with van der Waals surface area (Å²) in [4.78, 5) is 0. The second-order valence-electron chi connectivity index (χ2n) is 0. The van der Waals surface area contributed by atoms with E-state index >= 15 is 0 Å². The fourth-order valence-corrected chi connectivity index (χ4v) is 0. The van der Waals surface area contributed by atoms with Crippen molar-refractivity contribution in [1.29, 1.82) is 0 Å². The largest absolute Gasteiger partial charge is 0 e. The van der Waals surface area contributed by atoms with Gasteiger partial charge < -0.3 is 0 Å². The Hall–Kier alpha value is 2.96. The van der Waals surface area contributed by atoms with Gasteiger partial charge in [-0.2, -0.15) is 0 Å². The van der Waals surface area contributed by atoms with Crippen molar-refractivity contribution >= 4 is 0 Å². The van der Waals surface area contributed by atoms with E-state index in [0.29, 0.717) is 0 Å². The van der Waals surface area contributed by atoms with Crippen molar-refractivity contribution < 1.29 is 91.8 Å². The Morgan fingerprint density at radius 3 is 1.00 bits per heavy atom. The first-order valence-corrected chi connectivity index (χ1v) is 0. The molecule has 0 bridgehead atoms. The van der Waals surface area contributed by atoms with Crippen LogP contribution in [0.25, 0.3) is 0 Å². The maximum absolute atomic E-state index is 0. The van der Waals surface area contributed by atoms with Gasteiger partial charge in [0, 0.05) is 91.8 Å². The van der Waals surface area contributed by atoms with Gasteiger partial charge in [-0.3, -0.25) is 0 Å². The van der Waals surface area contributed by atoms with Gasteiger partial charge in [0.25, 0.3) is 0 Å². The Labute approximate surface area is 90.0 Å². The molecule has 0 aromatic heterocycles. The predicted molar refractivity (Wildman–Crippen MR) is 0 cm³/mol. The average molecular weight is 361 g/mol. The van der Waals surface area contributed by atoms with Crippen LogP contribution < -0.4 is 0 Å². The molecule has 30 valence electrons. The standard InChI is InChI=1S/Ag.Co.La.Mn. The molecule has 0 saturated heterocycles. The molecule has 4 radical (unpaired) electrons. The van der Waals surface area contributed by atoms with Crippen LogP contribution in [0.4, 0.5) is 0 Å². The minimum Gasteiger partial charge on any atom is 0 e. The molecular weight excluding hydrogens is 361 g/mol. The molecule has 0 heterocycles. The van der Waals surface area contributed by atoms with Gasteiger partial charge in [-0.15, -0.1) is 0 Å². The van der Waals surface area contributed by atoms with Crippen molar-refractivity contribution in [3.05, 3.63) is 0 Å². The van der Waals surface area contributed by atoms with Gasteiger partial charge in [0.2, 0.25) is 0 Å². The summed E-state index contributed by atoms with van der Waals surface area (Å²) in [5.41, 5.74) is 0. The van der Waals surface area contributed by atoms with Gasteiger partial charge in [0.05, 0.1) is 0 Å². The van der Waals surface area contributed by atoms with Crippen molar-refractivity contribution in [2.75, 3.05) is 0 Å². The SMILES string of the molecule is [Ag].[Co].[La].[Mn]. The maximum Gasteiger partial charge on any atom is 0 e. The second kappa shape index (κ2) is 16.7. The molecule has 0 unspecified atom stereocenters. The van der Waals surface area contributed by atoms with Crippen LogP contribution in [0.5, 0.6) is 0 Å². The Bertz CT molecular complexity index is 8.00. The van der Waals surface area contributed by atoms with Crippen LogP contribution in [-0.2, 0) is 56.2 Å². The quantitative estimate of drug-likeness (QED) is 0.533. The molecule has 0 aromatic rings. The zero-order chi connectivity index (χ0) is 0. The van der Waals surface area contributed by atoms with Crippen LogP contribution in [0.3, 0.4) is 0 Å². The summed E-state index contributed by atoms with van der Waals surface area (Å²) < 4.78 is 0. The van der Waals surface area contributed by atoms with E-state index in [-0.39, 0.29) is 91.8 Å². The van der Waals surface area contributed by atoms with Gasteiger partial charge in [0.1, 0.15) is 0 Å². The molecular formula is AgCoLaMn. The smallest absolute Gasteiger partial charge is 0 e. The van der Waals surface area contributed by atoms with Gasteiger partial charge >= 0.3 is 0 Å². The summed E-state index contributed by atoms with van der Waals surface area (Å²) in [5, 5.41) is 0. The third-order valence-electron chi connectivity index (χ3n) is 0.